The topological polar surface area (TPSA) is 61.9 Å². The van der Waals surface area contributed by atoms with Gasteiger partial charge in [0.05, 0.1) is 24.4 Å². The molecule has 0 spiro atoms. The molecule has 0 unspecified atom stereocenters. The van der Waals surface area contributed by atoms with Gasteiger partial charge in [0.1, 0.15) is 17.3 Å². The summed E-state index contributed by atoms with van der Waals surface area (Å²) in [6, 6.07) is 21.1. The van der Waals surface area contributed by atoms with E-state index in [1.54, 1.807) is 42.0 Å². The maximum atomic E-state index is 13.8. The second-order valence-electron chi connectivity index (χ2n) is 8.87. The van der Waals surface area contributed by atoms with Crippen LogP contribution >= 0.6 is 0 Å². The van der Waals surface area contributed by atoms with Crippen molar-refractivity contribution in [3.05, 3.63) is 118 Å². The predicted octanol–water partition coefficient (Wildman–Crippen LogP) is 4.55. The van der Waals surface area contributed by atoms with Gasteiger partial charge in [-0.05, 0) is 55.0 Å². The Bertz CT molecular complexity index is 1330. The van der Waals surface area contributed by atoms with Crippen molar-refractivity contribution in [1.82, 2.24) is 9.47 Å². The van der Waals surface area contributed by atoms with Gasteiger partial charge in [0.15, 0.2) is 0 Å². The molecule has 1 aliphatic rings. The van der Waals surface area contributed by atoms with Crippen LogP contribution in [0.25, 0.3) is 0 Å². The van der Waals surface area contributed by atoms with Crippen LogP contribution in [0.5, 0.6) is 5.75 Å². The van der Waals surface area contributed by atoms with Crippen LogP contribution in [-0.4, -0.2) is 40.8 Å². The molecule has 0 radical (unpaired) electrons. The Hall–Kier alpha value is -3.84. The lowest BCUT2D eigenvalue weighted by molar-refractivity contribution is 0.207. The molecule has 0 amide bonds. The summed E-state index contributed by atoms with van der Waals surface area (Å²) in [5, 5.41) is 11.0. The number of furan rings is 1. The van der Waals surface area contributed by atoms with Crippen LogP contribution in [0.3, 0.4) is 0 Å². The average molecular weight is 474 g/mol. The number of piperazine rings is 1. The highest BCUT2D eigenvalue weighted by Gasteiger charge is 2.31. The first kappa shape index (κ1) is 22.9. The minimum absolute atomic E-state index is 0.0528. The highest BCUT2D eigenvalue weighted by atomic mass is 19.1. The van der Waals surface area contributed by atoms with Crippen molar-refractivity contribution in [3.63, 3.8) is 0 Å². The van der Waals surface area contributed by atoms with E-state index in [-0.39, 0.29) is 23.7 Å². The number of para-hydroxylation sites is 1. The van der Waals surface area contributed by atoms with E-state index in [0.717, 1.165) is 24.3 Å². The van der Waals surface area contributed by atoms with Crippen molar-refractivity contribution < 1.29 is 13.9 Å². The van der Waals surface area contributed by atoms with Crippen LogP contribution in [0.4, 0.5) is 10.1 Å². The Labute approximate surface area is 203 Å². The molecule has 3 heterocycles. The summed E-state index contributed by atoms with van der Waals surface area (Å²) in [6.07, 6.45) is 1.57. The Morgan fingerprint density at radius 1 is 0.971 bits per heavy atom. The number of anilines is 1. The van der Waals surface area contributed by atoms with Crippen molar-refractivity contribution in [2.75, 3.05) is 31.1 Å². The second-order valence-corrected chi connectivity index (χ2v) is 8.87. The van der Waals surface area contributed by atoms with Crippen LogP contribution in [0.15, 0.2) is 88.3 Å². The fourth-order valence-electron chi connectivity index (χ4n) is 4.86. The van der Waals surface area contributed by atoms with Gasteiger partial charge in [-0.2, -0.15) is 0 Å². The van der Waals surface area contributed by atoms with Crippen molar-refractivity contribution in [2.45, 2.75) is 19.5 Å². The summed E-state index contributed by atoms with van der Waals surface area (Å²) in [6.45, 7) is 4.97. The average Bonchev–Trinajstić information content (AvgIpc) is 3.39. The van der Waals surface area contributed by atoms with E-state index in [9.17, 15) is 14.3 Å². The number of halogens is 1. The Kier molecular flexibility index (Phi) is 6.42. The van der Waals surface area contributed by atoms with Crippen LogP contribution in [0, 0.1) is 12.7 Å². The van der Waals surface area contributed by atoms with Crippen molar-refractivity contribution in [1.29, 1.82) is 0 Å². The maximum absolute atomic E-state index is 13.8. The number of rotatable bonds is 6. The number of benzene rings is 2. The predicted molar refractivity (Wildman–Crippen MR) is 133 cm³/mol. The van der Waals surface area contributed by atoms with E-state index < -0.39 is 6.04 Å². The van der Waals surface area contributed by atoms with Gasteiger partial charge in [0, 0.05) is 37.6 Å². The Morgan fingerprint density at radius 3 is 2.34 bits per heavy atom. The lowest BCUT2D eigenvalue weighted by Crippen LogP contribution is -2.49. The zero-order chi connectivity index (χ0) is 24.4. The van der Waals surface area contributed by atoms with Crippen LogP contribution in [0.2, 0.25) is 0 Å². The Morgan fingerprint density at radius 2 is 1.69 bits per heavy atom. The molecule has 35 heavy (non-hydrogen) atoms. The molecule has 2 aromatic heterocycles. The standard InChI is InChI=1S/C28H28FN3O3/c1-20-18-25(33)26(28(34)32(20)19-24-8-5-17-35-24)27(21-9-11-22(29)12-10-21)31-15-13-30(14-16-31)23-6-3-2-4-7-23/h2-12,17-18,27,33H,13-16,19H2,1H3/t27-/m1/s1. The lowest BCUT2D eigenvalue weighted by atomic mass is 9.96. The first-order chi connectivity index (χ1) is 17.0. The fraction of sp³-hybridized carbons (Fsp3) is 0.250. The quantitative estimate of drug-likeness (QED) is 0.445. The SMILES string of the molecule is Cc1cc(O)c([C@@H](c2ccc(F)cc2)N2CCN(c3ccccc3)CC2)c(=O)n1Cc1ccco1. The molecule has 1 fully saturated rings. The maximum Gasteiger partial charge on any atom is 0.260 e. The molecule has 0 aliphatic carbocycles. The molecule has 7 heteroatoms. The molecule has 1 aliphatic heterocycles. The van der Waals surface area contributed by atoms with Crippen LogP contribution in [0.1, 0.15) is 28.6 Å². The first-order valence-electron chi connectivity index (χ1n) is 11.8. The van der Waals surface area contributed by atoms with Crippen LogP contribution < -0.4 is 10.5 Å². The summed E-state index contributed by atoms with van der Waals surface area (Å²) in [5.41, 5.74) is 2.57. The zero-order valence-electron chi connectivity index (χ0n) is 19.6. The van der Waals surface area contributed by atoms with Gasteiger partial charge in [-0.15, -0.1) is 0 Å². The highest BCUT2D eigenvalue weighted by Crippen LogP contribution is 2.34. The fourth-order valence-corrected chi connectivity index (χ4v) is 4.86. The van der Waals surface area contributed by atoms with Gasteiger partial charge in [0.25, 0.3) is 5.56 Å². The smallest absolute Gasteiger partial charge is 0.260 e. The molecule has 5 rings (SSSR count). The van der Waals surface area contributed by atoms with E-state index in [0.29, 0.717) is 30.1 Å². The van der Waals surface area contributed by atoms with E-state index >= 15 is 0 Å². The van der Waals surface area contributed by atoms with Crippen molar-refractivity contribution in [2.24, 2.45) is 0 Å². The Balaban J connectivity index is 1.53. The normalized spacial score (nSPS) is 15.3. The number of nitrogens with zero attached hydrogens (tertiary/aromatic N) is 3. The van der Waals surface area contributed by atoms with Crippen LogP contribution in [-0.2, 0) is 6.54 Å². The van der Waals surface area contributed by atoms with E-state index in [4.69, 9.17) is 4.42 Å². The monoisotopic (exact) mass is 473 g/mol. The largest absolute Gasteiger partial charge is 0.507 e. The number of pyridine rings is 1. The molecule has 4 aromatic rings. The molecular formula is C28H28FN3O3. The summed E-state index contributed by atoms with van der Waals surface area (Å²) >= 11 is 0. The number of hydrogen-bond acceptors (Lipinski definition) is 5. The van der Waals surface area contributed by atoms with Crippen molar-refractivity contribution in [3.8, 4) is 5.75 Å². The summed E-state index contributed by atoms with van der Waals surface area (Å²) in [4.78, 5) is 18.3. The third-order valence-corrected chi connectivity index (χ3v) is 6.68. The van der Waals surface area contributed by atoms with E-state index in [1.165, 1.54) is 12.1 Å². The molecular weight excluding hydrogens is 445 g/mol. The van der Waals surface area contributed by atoms with Gasteiger partial charge in [-0.25, -0.2) is 4.39 Å². The van der Waals surface area contributed by atoms with Gasteiger partial charge in [-0.1, -0.05) is 30.3 Å². The molecule has 0 bridgehead atoms. The van der Waals surface area contributed by atoms with Gasteiger partial charge in [0.2, 0.25) is 0 Å². The molecule has 0 saturated carbocycles. The minimum atomic E-state index is -0.510. The van der Waals surface area contributed by atoms with E-state index in [2.05, 4.69) is 21.9 Å². The number of hydrogen-bond donors (Lipinski definition) is 1. The minimum Gasteiger partial charge on any atom is -0.507 e. The number of aromatic hydroxyl groups is 1. The zero-order valence-corrected chi connectivity index (χ0v) is 19.6. The third-order valence-electron chi connectivity index (χ3n) is 6.68. The molecule has 1 N–H and O–H groups in total. The lowest BCUT2D eigenvalue weighted by Gasteiger charge is -2.40. The first-order valence-corrected chi connectivity index (χ1v) is 11.8. The summed E-state index contributed by atoms with van der Waals surface area (Å²) in [7, 11) is 0. The van der Waals surface area contributed by atoms with Gasteiger partial charge in [-0.3, -0.25) is 9.69 Å². The highest BCUT2D eigenvalue weighted by molar-refractivity contribution is 5.47. The van der Waals surface area contributed by atoms with Gasteiger partial charge >= 0.3 is 0 Å². The third kappa shape index (κ3) is 4.72. The molecule has 1 atom stereocenters. The summed E-state index contributed by atoms with van der Waals surface area (Å²) in [5.74, 6) is 0.259. The summed E-state index contributed by atoms with van der Waals surface area (Å²) < 4.78 is 20.9. The van der Waals surface area contributed by atoms with Gasteiger partial charge < -0.3 is 19.0 Å². The number of aryl methyl sites for hydroxylation is 1. The molecule has 1 saturated heterocycles. The molecule has 2 aromatic carbocycles. The molecule has 180 valence electrons. The number of aromatic nitrogens is 1. The second kappa shape index (κ2) is 9.80. The molecule has 6 nitrogen and oxygen atoms in total. The van der Waals surface area contributed by atoms with Crippen molar-refractivity contribution >= 4 is 5.69 Å². The van der Waals surface area contributed by atoms with E-state index in [1.807, 2.05) is 24.3 Å².